The summed E-state index contributed by atoms with van der Waals surface area (Å²) in [7, 11) is 0. The topological polar surface area (TPSA) is 0 Å². The van der Waals surface area contributed by atoms with Crippen molar-refractivity contribution >= 4 is 0 Å². The second kappa shape index (κ2) is 10.6. The van der Waals surface area contributed by atoms with Crippen LogP contribution >= 0.6 is 0 Å². The molecule has 0 aromatic rings. The summed E-state index contributed by atoms with van der Waals surface area (Å²) in [4.78, 5) is 0. The molecule has 0 aromatic heterocycles. The molecule has 0 fully saturated rings. The molecule has 0 bridgehead atoms. The van der Waals surface area contributed by atoms with Crippen molar-refractivity contribution in [2.45, 2.75) is 65.7 Å². The number of rotatable bonds is 5. The summed E-state index contributed by atoms with van der Waals surface area (Å²) in [6.07, 6.45) is 16.0. The summed E-state index contributed by atoms with van der Waals surface area (Å²) in [5.74, 6) is 0. The van der Waals surface area contributed by atoms with Gasteiger partial charge in [-0.1, -0.05) is 76.2 Å². The first-order chi connectivity index (χ1) is 6.81. The van der Waals surface area contributed by atoms with Gasteiger partial charge in [-0.2, -0.15) is 0 Å². The molecule has 0 atom stereocenters. The fourth-order valence-electron chi connectivity index (χ4n) is 1.41. The third kappa shape index (κ3) is 9.57. The Kier molecular flexibility index (Phi) is 10.2. The Hall–Kier alpha value is -0.520. The van der Waals surface area contributed by atoms with Crippen molar-refractivity contribution in [3.63, 3.8) is 0 Å². The molecule has 0 spiro atoms. The van der Waals surface area contributed by atoms with E-state index in [2.05, 4.69) is 39.0 Å². The van der Waals surface area contributed by atoms with Crippen LogP contribution in [0, 0.1) is 0 Å². The predicted octanol–water partition coefficient (Wildman–Crippen LogP) is 5.26. The first-order valence-electron chi connectivity index (χ1n) is 6.13. The van der Waals surface area contributed by atoms with Gasteiger partial charge in [-0.3, -0.25) is 0 Å². The maximum atomic E-state index is 2.26. The van der Waals surface area contributed by atoms with E-state index in [1.54, 1.807) is 0 Å². The molecule has 0 saturated carbocycles. The molecule has 14 heavy (non-hydrogen) atoms. The number of allylic oxidation sites excluding steroid dienone is 4. The van der Waals surface area contributed by atoms with E-state index in [4.69, 9.17) is 0 Å². The van der Waals surface area contributed by atoms with Crippen LogP contribution in [0.5, 0.6) is 0 Å². The van der Waals surface area contributed by atoms with E-state index in [-0.39, 0.29) is 0 Å². The Bertz CT molecular complexity index is 157. The molecule has 1 aliphatic carbocycles. The lowest BCUT2D eigenvalue weighted by Crippen LogP contribution is -1.73. The number of hydrogen-bond donors (Lipinski definition) is 0. The average molecular weight is 194 g/mol. The fraction of sp³-hybridized carbons (Fsp3) is 0.714. The highest BCUT2D eigenvalue weighted by Gasteiger charge is 1.86. The van der Waals surface area contributed by atoms with Crippen molar-refractivity contribution in [2.24, 2.45) is 0 Å². The maximum absolute atomic E-state index is 2.26. The smallest absolute Gasteiger partial charge is 0.0135 e. The maximum Gasteiger partial charge on any atom is -0.0135 e. The van der Waals surface area contributed by atoms with Crippen molar-refractivity contribution in [2.75, 3.05) is 0 Å². The zero-order chi connectivity index (χ0) is 10.6. The molecule has 0 aromatic carbocycles. The molecule has 0 unspecified atom stereocenters. The van der Waals surface area contributed by atoms with Gasteiger partial charge in [0.05, 0.1) is 0 Å². The minimum Gasteiger partial charge on any atom is -0.0805 e. The normalized spacial score (nSPS) is 13.5. The molecule has 1 rings (SSSR count). The Labute approximate surface area is 90.1 Å². The van der Waals surface area contributed by atoms with E-state index >= 15 is 0 Å². The summed E-state index contributed by atoms with van der Waals surface area (Å²) < 4.78 is 0. The lowest BCUT2D eigenvalue weighted by atomic mass is 10.1. The van der Waals surface area contributed by atoms with Gasteiger partial charge in [-0.05, 0) is 13.3 Å². The molecule has 0 heteroatoms. The quantitative estimate of drug-likeness (QED) is 0.524. The van der Waals surface area contributed by atoms with Gasteiger partial charge in [0.1, 0.15) is 0 Å². The van der Waals surface area contributed by atoms with Gasteiger partial charge in [-0.25, -0.2) is 0 Å². The largest absolute Gasteiger partial charge is 0.0805 e. The predicted molar refractivity (Wildman–Crippen MR) is 66.6 cm³/mol. The van der Waals surface area contributed by atoms with Crippen LogP contribution in [0.25, 0.3) is 0 Å². The van der Waals surface area contributed by atoms with E-state index < -0.39 is 0 Å². The van der Waals surface area contributed by atoms with Crippen LogP contribution in [0.15, 0.2) is 23.8 Å². The molecule has 82 valence electrons. The van der Waals surface area contributed by atoms with Crippen molar-refractivity contribution in [3.05, 3.63) is 23.8 Å². The zero-order valence-electron chi connectivity index (χ0n) is 10.2. The van der Waals surface area contributed by atoms with Gasteiger partial charge in [0.2, 0.25) is 0 Å². The van der Waals surface area contributed by atoms with E-state index in [1.807, 2.05) is 0 Å². The van der Waals surface area contributed by atoms with Crippen molar-refractivity contribution in [1.29, 1.82) is 0 Å². The Balaban J connectivity index is 0.000000249. The second-order valence-electron chi connectivity index (χ2n) is 4.06. The molecule has 0 aliphatic heterocycles. The van der Waals surface area contributed by atoms with Gasteiger partial charge < -0.3 is 0 Å². The highest BCUT2D eigenvalue weighted by Crippen LogP contribution is 2.06. The van der Waals surface area contributed by atoms with E-state index in [9.17, 15) is 0 Å². The van der Waals surface area contributed by atoms with Gasteiger partial charge in [0.15, 0.2) is 0 Å². The van der Waals surface area contributed by atoms with Crippen molar-refractivity contribution in [1.82, 2.24) is 0 Å². The zero-order valence-corrected chi connectivity index (χ0v) is 10.2. The SMILES string of the molecule is CC1=CC=CC1.CCCCCCCC. The standard InChI is InChI=1S/C8H18.C6H8/c1-3-5-7-8-6-4-2;1-6-4-2-3-5-6/h3-8H2,1-2H3;2-4H,5H2,1H3. The van der Waals surface area contributed by atoms with E-state index in [0.717, 1.165) is 0 Å². The van der Waals surface area contributed by atoms with Crippen LogP contribution in [0.3, 0.4) is 0 Å². The van der Waals surface area contributed by atoms with Crippen LogP contribution in [0.2, 0.25) is 0 Å². The summed E-state index contributed by atoms with van der Waals surface area (Å²) in [6.45, 7) is 6.65. The van der Waals surface area contributed by atoms with Crippen LogP contribution in [-0.4, -0.2) is 0 Å². The molecular formula is C14H26. The highest BCUT2D eigenvalue weighted by atomic mass is 13.9. The first-order valence-corrected chi connectivity index (χ1v) is 6.13. The molecule has 0 radical (unpaired) electrons. The van der Waals surface area contributed by atoms with E-state index in [1.165, 1.54) is 50.5 Å². The first kappa shape index (κ1) is 13.5. The summed E-state index contributed by atoms with van der Waals surface area (Å²) >= 11 is 0. The highest BCUT2D eigenvalue weighted by molar-refractivity contribution is 5.20. The molecular weight excluding hydrogens is 168 g/mol. The van der Waals surface area contributed by atoms with Crippen LogP contribution in [-0.2, 0) is 0 Å². The average Bonchev–Trinajstić information content (AvgIpc) is 2.65. The fourth-order valence-corrected chi connectivity index (χ4v) is 1.41. The molecule has 1 aliphatic rings. The van der Waals surface area contributed by atoms with Crippen molar-refractivity contribution < 1.29 is 0 Å². The van der Waals surface area contributed by atoms with E-state index in [0.29, 0.717) is 0 Å². The molecule has 0 saturated heterocycles. The van der Waals surface area contributed by atoms with Crippen molar-refractivity contribution in [3.8, 4) is 0 Å². The van der Waals surface area contributed by atoms with Crippen LogP contribution in [0.4, 0.5) is 0 Å². The molecule has 0 nitrogen and oxygen atoms in total. The molecule has 0 N–H and O–H groups in total. The van der Waals surface area contributed by atoms with Gasteiger partial charge in [0, 0.05) is 0 Å². The monoisotopic (exact) mass is 194 g/mol. The van der Waals surface area contributed by atoms with Gasteiger partial charge in [-0.15, -0.1) is 0 Å². The van der Waals surface area contributed by atoms with Gasteiger partial charge in [0.25, 0.3) is 0 Å². The van der Waals surface area contributed by atoms with Crippen LogP contribution in [0.1, 0.15) is 65.7 Å². The molecule has 0 heterocycles. The Morgan fingerprint density at radius 2 is 1.57 bits per heavy atom. The summed E-state index contributed by atoms with van der Waals surface area (Å²) in [6, 6.07) is 0. The minimum absolute atomic E-state index is 1.17. The second-order valence-corrected chi connectivity index (χ2v) is 4.06. The Morgan fingerprint density at radius 3 is 1.79 bits per heavy atom. The lowest BCUT2D eigenvalue weighted by molar-refractivity contribution is 0.624. The third-order valence-electron chi connectivity index (χ3n) is 2.41. The number of unbranched alkanes of at least 4 members (excludes halogenated alkanes) is 5. The minimum atomic E-state index is 1.17. The summed E-state index contributed by atoms with van der Waals surface area (Å²) in [5.41, 5.74) is 1.47. The summed E-state index contributed by atoms with van der Waals surface area (Å²) in [5, 5.41) is 0. The molecule has 0 amide bonds. The van der Waals surface area contributed by atoms with Crippen LogP contribution < -0.4 is 0 Å². The third-order valence-corrected chi connectivity index (χ3v) is 2.41. The van der Waals surface area contributed by atoms with Gasteiger partial charge >= 0.3 is 0 Å². The Morgan fingerprint density at radius 1 is 1.00 bits per heavy atom. The number of hydrogen-bond acceptors (Lipinski definition) is 0. The lowest BCUT2D eigenvalue weighted by Gasteiger charge is -1.93.